The average molecular weight is 197 g/mol. The minimum absolute atomic E-state index is 0.622. The lowest BCUT2D eigenvalue weighted by Crippen LogP contribution is -2.50. The Balaban J connectivity index is 4.20. The van der Waals surface area contributed by atoms with E-state index in [2.05, 4.69) is 38.5 Å². The molecule has 0 aliphatic carbocycles. The van der Waals surface area contributed by atoms with Gasteiger partial charge >= 0.3 is 0 Å². The summed E-state index contributed by atoms with van der Waals surface area (Å²) in [6.07, 6.45) is 5.26. The molecule has 0 aliphatic heterocycles. The first-order chi connectivity index (χ1) is 6.08. The Kier molecular flexibility index (Phi) is 6.00. The maximum atomic E-state index is 3.82. The van der Waals surface area contributed by atoms with Gasteiger partial charge in [-0.2, -0.15) is 0 Å². The predicted octanol–water partition coefficient (Wildman–Crippen LogP) is 3.32. The van der Waals surface area contributed by atoms with E-state index in [0.717, 1.165) is 12.1 Å². The van der Waals surface area contributed by atoms with Crippen molar-refractivity contribution in [3.8, 4) is 0 Å². The highest BCUT2D eigenvalue weighted by atomic mass is 28.3. The minimum Gasteiger partial charge on any atom is -0.334 e. The fraction of sp³-hybridized carbons (Fsp3) is 0.636. The summed E-state index contributed by atoms with van der Waals surface area (Å²) in [7, 11) is -1.32. The lowest BCUT2D eigenvalue weighted by molar-refractivity contribution is 0.639. The van der Waals surface area contributed by atoms with Crippen LogP contribution in [-0.4, -0.2) is 14.3 Å². The molecule has 0 rings (SSSR count). The van der Waals surface area contributed by atoms with Gasteiger partial charge in [0, 0.05) is 0 Å². The molecule has 1 N–H and O–H groups in total. The van der Waals surface area contributed by atoms with Crippen LogP contribution in [0.5, 0.6) is 0 Å². The highest BCUT2D eigenvalue weighted by Crippen LogP contribution is 2.14. The Morgan fingerprint density at radius 2 is 1.77 bits per heavy atom. The van der Waals surface area contributed by atoms with Gasteiger partial charge in [0.25, 0.3) is 0 Å². The number of rotatable bonds is 7. The molecular formula is C11H23NSi. The first-order valence-electron chi connectivity index (χ1n) is 5.07. The molecule has 0 amide bonds. The van der Waals surface area contributed by atoms with Crippen LogP contribution in [0.3, 0.4) is 0 Å². The van der Waals surface area contributed by atoms with Crippen molar-refractivity contribution < 1.29 is 0 Å². The SMILES string of the molecule is C=CC[Si](C)(CC=C)NC(C)CC. The molecule has 2 heteroatoms. The molecule has 0 saturated carbocycles. The van der Waals surface area contributed by atoms with Crippen LogP contribution in [0.25, 0.3) is 0 Å². The number of nitrogens with one attached hydrogen (secondary N) is 1. The molecule has 13 heavy (non-hydrogen) atoms. The molecule has 0 aromatic rings. The first kappa shape index (κ1) is 12.7. The van der Waals surface area contributed by atoms with Crippen molar-refractivity contribution in [3.05, 3.63) is 25.3 Å². The number of hydrogen-bond donors (Lipinski definition) is 1. The van der Waals surface area contributed by atoms with Crippen molar-refractivity contribution in [2.75, 3.05) is 0 Å². The quantitative estimate of drug-likeness (QED) is 0.488. The van der Waals surface area contributed by atoms with Crippen molar-refractivity contribution in [2.24, 2.45) is 0 Å². The molecule has 0 aliphatic rings. The van der Waals surface area contributed by atoms with E-state index in [-0.39, 0.29) is 0 Å². The van der Waals surface area contributed by atoms with Gasteiger partial charge in [0.2, 0.25) is 0 Å². The molecular weight excluding hydrogens is 174 g/mol. The molecule has 0 heterocycles. The first-order valence-corrected chi connectivity index (χ1v) is 7.99. The summed E-state index contributed by atoms with van der Waals surface area (Å²) in [6, 6.07) is 2.88. The Labute approximate surface area is 84.0 Å². The topological polar surface area (TPSA) is 12.0 Å². The Hall–Kier alpha value is -0.343. The lowest BCUT2D eigenvalue weighted by Gasteiger charge is -2.29. The summed E-state index contributed by atoms with van der Waals surface area (Å²) in [5.41, 5.74) is 0. The highest BCUT2D eigenvalue weighted by Gasteiger charge is 2.25. The zero-order valence-corrected chi connectivity index (χ0v) is 10.3. The second-order valence-corrected chi connectivity index (χ2v) is 8.23. The molecule has 76 valence electrons. The molecule has 0 radical (unpaired) electrons. The van der Waals surface area contributed by atoms with Crippen LogP contribution in [0.4, 0.5) is 0 Å². The third-order valence-corrected chi connectivity index (χ3v) is 5.97. The summed E-state index contributed by atoms with van der Waals surface area (Å²) in [4.78, 5) is 3.74. The normalized spacial score (nSPS) is 13.8. The molecule has 0 aromatic carbocycles. The Morgan fingerprint density at radius 1 is 1.31 bits per heavy atom. The molecule has 0 bridgehead atoms. The summed E-state index contributed by atoms with van der Waals surface area (Å²) < 4.78 is 0. The maximum absolute atomic E-state index is 3.82. The molecule has 0 spiro atoms. The Bertz CT molecular complexity index is 155. The monoisotopic (exact) mass is 197 g/mol. The second-order valence-electron chi connectivity index (χ2n) is 4.00. The Morgan fingerprint density at radius 3 is 2.08 bits per heavy atom. The van der Waals surface area contributed by atoms with Crippen LogP contribution < -0.4 is 4.98 Å². The van der Waals surface area contributed by atoms with E-state index in [9.17, 15) is 0 Å². The van der Waals surface area contributed by atoms with E-state index >= 15 is 0 Å². The summed E-state index contributed by atoms with van der Waals surface area (Å²) in [5.74, 6) is 0. The van der Waals surface area contributed by atoms with Crippen LogP contribution in [-0.2, 0) is 0 Å². The minimum atomic E-state index is -1.32. The fourth-order valence-corrected chi connectivity index (χ4v) is 4.61. The summed E-state index contributed by atoms with van der Waals surface area (Å²) in [5, 5.41) is 0. The van der Waals surface area contributed by atoms with Crippen LogP contribution in [0.15, 0.2) is 25.3 Å². The predicted molar refractivity (Wildman–Crippen MR) is 64.5 cm³/mol. The maximum Gasteiger partial charge on any atom is 0.130 e. The van der Waals surface area contributed by atoms with Crippen molar-refractivity contribution in [1.29, 1.82) is 0 Å². The third kappa shape index (κ3) is 5.06. The van der Waals surface area contributed by atoms with Gasteiger partial charge in [-0.15, -0.1) is 13.2 Å². The van der Waals surface area contributed by atoms with Gasteiger partial charge in [-0.1, -0.05) is 32.5 Å². The zero-order valence-electron chi connectivity index (χ0n) is 9.27. The molecule has 0 saturated heterocycles. The van der Waals surface area contributed by atoms with Gasteiger partial charge in [-0.05, 0) is 24.6 Å². The second kappa shape index (κ2) is 6.16. The van der Waals surface area contributed by atoms with E-state index in [0.29, 0.717) is 6.04 Å². The van der Waals surface area contributed by atoms with Gasteiger partial charge < -0.3 is 4.98 Å². The molecule has 0 aromatic heterocycles. The molecule has 1 nitrogen and oxygen atoms in total. The largest absolute Gasteiger partial charge is 0.334 e. The van der Waals surface area contributed by atoms with Gasteiger partial charge in [-0.25, -0.2) is 0 Å². The number of allylic oxidation sites excluding steroid dienone is 2. The average Bonchev–Trinajstić information content (AvgIpc) is 2.04. The summed E-state index contributed by atoms with van der Waals surface area (Å²) in [6.45, 7) is 14.5. The fourth-order valence-electron chi connectivity index (χ4n) is 1.54. The van der Waals surface area contributed by atoms with Gasteiger partial charge in [0.15, 0.2) is 0 Å². The van der Waals surface area contributed by atoms with E-state index in [4.69, 9.17) is 0 Å². The summed E-state index contributed by atoms with van der Waals surface area (Å²) >= 11 is 0. The van der Waals surface area contributed by atoms with Crippen molar-refractivity contribution in [1.82, 2.24) is 4.98 Å². The van der Waals surface area contributed by atoms with Crippen LogP contribution in [0.1, 0.15) is 20.3 Å². The van der Waals surface area contributed by atoms with E-state index in [1.54, 1.807) is 0 Å². The molecule has 0 fully saturated rings. The van der Waals surface area contributed by atoms with E-state index in [1.165, 1.54) is 6.42 Å². The van der Waals surface area contributed by atoms with E-state index in [1.807, 2.05) is 12.2 Å². The zero-order chi connectivity index (χ0) is 10.3. The number of hydrogen-bond acceptors (Lipinski definition) is 1. The van der Waals surface area contributed by atoms with Crippen LogP contribution >= 0.6 is 0 Å². The van der Waals surface area contributed by atoms with Crippen molar-refractivity contribution in [2.45, 2.75) is 44.9 Å². The van der Waals surface area contributed by atoms with Gasteiger partial charge in [0.05, 0.1) is 0 Å². The van der Waals surface area contributed by atoms with Crippen LogP contribution in [0, 0.1) is 0 Å². The van der Waals surface area contributed by atoms with E-state index < -0.39 is 8.24 Å². The molecule has 1 unspecified atom stereocenters. The van der Waals surface area contributed by atoms with Crippen molar-refractivity contribution in [3.63, 3.8) is 0 Å². The van der Waals surface area contributed by atoms with Gasteiger partial charge in [0.1, 0.15) is 8.24 Å². The van der Waals surface area contributed by atoms with Gasteiger partial charge in [-0.3, -0.25) is 0 Å². The van der Waals surface area contributed by atoms with Crippen LogP contribution in [0.2, 0.25) is 18.6 Å². The smallest absolute Gasteiger partial charge is 0.130 e. The standard InChI is InChI=1S/C11H23NSi/c1-6-9-13(5,10-7-2)12-11(4)8-3/h6-7,11-12H,1-2,8-10H2,3-5H3. The van der Waals surface area contributed by atoms with Crippen molar-refractivity contribution >= 4 is 8.24 Å². The third-order valence-electron chi connectivity index (χ3n) is 2.40. The highest BCUT2D eigenvalue weighted by molar-refractivity contribution is 6.77. The lowest BCUT2D eigenvalue weighted by atomic mass is 10.3. The molecule has 1 atom stereocenters.